The van der Waals surface area contributed by atoms with Gasteiger partial charge in [-0.15, -0.1) is 0 Å². The molecule has 4 heteroatoms. The Hall–Kier alpha value is -0.640. The highest BCUT2D eigenvalue weighted by Gasteiger charge is 2.35. The molecule has 1 saturated carbocycles. The molecule has 1 rings (SSSR count). The van der Waals surface area contributed by atoms with E-state index < -0.39 is 18.2 Å². The van der Waals surface area contributed by atoms with Gasteiger partial charge in [-0.3, -0.25) is 0 Å². The smallest absolute Gasteiger partial charge is 0.343 e. The second-order valence-corrected chi connectivity index (χ2v) is 3.69. The minimum atomic E-state index is -1.88. The molecule has 14 heavy (non-hydrogen) atoms. The van der Waals surface area contributed by atoms with Crippen LogP contribution in [0.5, 0.6) is 0 Å². The van der Waals surface area contributed by atoms with Crippen LogP contribution in [0.15, 0.2) is 0 Å². The zero-order valence-corrected chi connectivity index (χ0v) is 8.41. The van der Waals surface area contributed by atoms with Gasteiger partial charge in [0.15, 0.2) is 0 Å². The zero-order valence-electron chi connectivity index (χ0n) is 8.41. The topological polar surface area (TPSA) is 46.5 Å². The number of esters is 1. The fourth-order valence-corrected chi connectivity index (χ4v) is 1.90. The Labute approximate surface area is 83.3 Å². The first-order valence-corrected chi connectivity index (χ1v) is 5.15. The molecule has 82 valence electrons. The number of halogens is 1. The first-order chi connectivity index (χ1) is 6.66. The summed E-state index contributed by atoms with van der Waals surface area (Å²) in [5.74, 6) is -1.01. The maximum Gasteiger partial charge on any atom is 0.343 e. The fourth-order valence-electron chi connectivity index (χ4n) is 1.90. The average molecular weight is 204 g/mol. The van der Waals surface area contributed by atoms with E-state index in [4.69, 9.17) is 0 Å². The molecule has 0 amide bonds. The number of hydrogen-bond acceptors (Lipinski definition) is 3. The summed E-state index contributed by atoms with van der Waals surface area (Å²) in [7, 11) is 0. The molecule has 0 heterocycles. The van der Waals surface area contributed by atoms with Crippen molar-refractivity contribution in [1.29, 1.82) is 0 Å². The van der Waals surface area contributed by atoms with Crippen molar-refractivity contribution >= 4 is 5.97 Å². The molecule has 0 aliphatic heterocycles. The minimum absolute atomic E-state index is 0.0746. The molecular weight excluding hydrogens is 187 g/mol. The number of aliphatic hydroxyl groups is 1. The van der Waals surface area contributed by atoms with Gasteiger partial charge in [-0.1, -0.05) is 12.8 Å². The van der Waals surface area contributed by atoms with Gasteiger partial charge in [0.1, 0.15) is 0 Å². The Bertz CT molecular complexity index is 190. The third-order valence-corrected chi connectivity index (χ3v) is 2.69. The first-order valence-electron chi connectivity index (χ1n) is 5.15. The van der Waals surface area contributed by atoms with Crippen LogP contribution in [0.2, 0.25) is 0 Å². The molecule has 2 unspecified atom stereocenters. The Kier molecular flexibility index (Phi) is 4.32. The van der Waals surface area contributed by atoms with E-state index in [1.165, 1.54) is 0 Å². The lowest BCUT2D eigenvalue weighted by Gasteiger charge is -2.19. The summed E-state index contributed by atoms with van der Waals surface area (Å²) in [6, 6.07) is 0. The quantitative estimate of drug-likeness (QED) is 0.705. The molecule has 0 aromatic heterocycles. The first kappa shape index (κ1) is 11.4. The highest BCUT2D eigenvalue weighted by molar-refractivity contribution is 5.75. The second kappa shape index (κ2) is 5.29. The van der Waals surface area contributed by atoms with Crippen molar-refractivity contribution in [2.24, 2.45) is 5.92 Å². The van der Waals surface area contributed by atoms with Crippen molar-refractivity contribution in [3.63, 3.8) is 0 Å². The van der Waals surface area contributed by atoms with Gasteiger partial charge in [-0.2, -0.15) is 0 Å². The summed E-state index contributed by atoms with van der Waals surface area (Å²) in [5, 5.41) is 9.54. The van der Waals surface area contributed by atoms with Gasteiger partial charge >= 0.3 is 5.97 Å². The van der Waals surface area contributed by atoms with Gasteiger partial charge < -0.3 is 9.84 Å². The van der Waals surface area contributed by atoms with Gasteiger partial charge in [0.05, 0.1) is 12.7 Å². The van der Waals surface area contributed by atoms with E-state index in [-0.39, 0.29) is 12.5 Å². The lowest BCUT2D eigenvalue weighted by molar-refractivity contribution is -0.155. The highest BCUT2D eigenvalue weighted by Crippen LogP contribution is 2.30. The van der Waals surface area contributed by atoms with Crippen LogP contribution < -0.4 is 0 Å². The van der Waals surface area contributed by atoms with Crippen LogP contribution in [0.4, 0.5) is 4.39 Å². The van der Waals surface area contributed by atoms with E-state index in [0.717, 1.165) is 25.7 Å². The highest BCUT2D eigenvalue weighted by atomic mass is 19.1. The predicted octanol–water partition coefficient (Wildman–Crippen LogP) is 1.44. The van der Waals surface area contributed by atoms with Crippen LogP contribution in [0, 0.1) is 5.92 Å². The molecule has 0 spiro atoms. The summed E-state index contributed by atoms with van der Waals surface area (Å²) in [6.07, 6.45) is 0.575. The maximum atomic E-state index is 13.3. The van der Waals surface area contributed by atoms with E-state index in [1.54, 1.807) is 6.92 Å². The van der Waals surface area contributed by atoms with E-state index in [2.05, 4.69) is 4.74 Å². The fraction of sp³-hybridized carbons (Fsp3) is 0.900. The van der Waals surface area contributed by atoms with Crippen LogP contribution in [0.3, 0.4) is 0 Å². The normalized spacial score (nSPS) is 21.9. The molecule has 1 aliphatic rings. The number of aliphatic hydroxyl groups excluding tert-OH is 1. The summed E-state index contributed by atoms with van der Waals surface area (Å²) in [4.78, 5) is 11.0. The van der Waals surface area contributed by atoms with Crippen molar-refractivity contribution in [1.82, 2.24) is 0 Å². The van der Waals surface area contributed by atoms with Crippen molar-refractivity contribution in [2.45, 2.75) is 44.9 Å². The molecule has 0 bridgehead atoms. The van der Waals surface area contributed by atoms with Crippen LogP contribution >= 0.6 is 0 Å². The molecule has 0 aromatic carbocycles. The minimum Gasteiger partial charge on any atom is -0.464 e. The lowest BCUT2D eigenvalue weighted by Crippen LogP contribution is -2.36. The average Bonchev–Trinajstić information content (AvgIpc) is 2.68. The van der Waals surface area contributed by atoms with Gasteiger partial charge in [0.25, 0.3) is 0 Å². The molecule has 2 atom stereocenters. The van der Waals surface area contributed by atoms with Crippen LogP contribution in [-0.4, -0.2) is 30.0 Å². The van der Waals surface area contributed by atoms with Crippen molar-refractivity contribution in [2.75, 3.05) is 6.61 Å². The summed E-state index contributed by atoms with van der Waals surface area (Å²) < 4.78 is 17.8. The summed E-state index contributed by atoms with van der Waals surface area (Å²) in [6.45, 7) is 1.77. The van der Waals surface area contributed by atoms with Gasteiger partial charge in [0.2, 0.25) is 6.17 Å². The Morgan fingerprint density at radius 2 is 2.14 bits per heavy atom. The molecule has 0 radical (unpaired) electrons. The summed E-state index contributed by atoms with van der Waals surface area (Å²) >= 11 is 0. The molecule has 0 aromatic rings. The lowest BCUT2D eigenvalue weighted by atomic mass is 9.97. The number of rotatable bonds is 4. The largest absolute Gasteiger partial charge is 0.464 e. The van der Waals surface area contributed by atoms with Crippen LogP contribution in [0.25, 0.3) is 0 Å². The van der Waals surface area contributed by atoms with E-state index in [1.807, 2.05) is 0 Å². The third-order valence-electron chi connectivity index (χ3n) is 2.69. The van der Waals surface area contributed by atoms with Crippen LogP contribution in [-0.2, 0) is 9.53 Å². The Balaban J connectivity index is 2.41. The SMILES string of the molecule is CCOC(=O)C(F)C(O)C1CCCC1. The third kappa shape index (κ3) is 2.67. The standard InChI is InChI=1S/C10H17FO3/c1-2-14-10(13)8(11)9(12)7-5-3-4-6-7/h7-9,12H,2-6H2,1H3. The van der Waals surface area contributed by atoms with Crippen molar-refractivity contribution in [3.05, 3.63) is 0 Å². The molecule has 1 aliphatic carbocycles. The van der Waals surface area contributed by atoms with Crippen molar-refractivity contribution < 1.29 is 19.0 Å². The van der Waals surface area contributed by atoms with E-state index in [0.29, 0.717) is 0 Å². The summed E-state index contributed by atoms with van der Waals surface area (Å²) in [5.41, 5.74) is 0. The number of hydrogen-bond donors (Lipinski definition) is 1. The Morgan fingerprint density at radius 1 is 1.57 bits per heavy atom. The molecule has 0 saturated heterocycles. The van der Waals surface area contributed by atoms with Gasteiger partial charge in [-0.25, -0.2) is 9.18 Å². The zero-order chi connectivity index (χ0) is 10.6. The monoisotopic (exact) mass is 204 g/mol. The second-order valence-electron chi connectivity index (χ2n) is 3.69. The Morgan fingerprint density at radius 3 is 2.64 bits per heavy atom. The number of ether oxygens (including phenoxy) is 1. The van der Waals surface area contributed by atoms with Crippen LogP contribution in [0.1, 0.15) is 32.6 Å². The van der Waals surface area contributed by atoms with Gasteiger partial charge in [0, 0.05) is 0 Å². The molecule has 1 N–H and O–H groups in total. The number of carbonyl (C=O) groups excluding carboxylic acids is 1. The van der Waals surface area contributed by atoms with Gasteiger partial charge in [-0.05, 0) is 25.7 Å². The molecule has 1 fully saturated rings. The van der Waals surface area contributed by atoms with E-state index >= 15 is 0 Å². The maximum absolute atomic E-state index is 13.3. The number of alkyl halides is 1. The number of carbonyl (C=O) groups is 1. The molecule has 3 nitrogen and oxygen atoms in total. The molecular formula is C10H17FO3. The van der Waals surface area contributed by atoms with E-state index in [9.17, 15) is 14.3 Å². The van der Waals surface area contributed by atoms with Crippen molar-refractivity contribution in [3.8, 4) is 0 Å². The predicted molar refractivity (Wildman–Crippen MR) is 49.5 cm³/mol.